The molecule has 0 radical (unpaired) electrons. The van der Waals surface area contributed by atoms with Crippen molar-refractivity contribution in [1.29, 1.82) is 0 Å². The molecule has 2 aromatic rings. The van der Waals surface area contributed by atoms with Crippen molar-refractivity contribution in [2.45, 2.75) is 39.7 Å². The molecule has 0 amide bonds. The molecule has 2 heteroatoms. The summed E-state index contributed by atoms with van der Waals surface area (Å²) in [5, 5.41) is 4.25. The van der Waals surface area contributed by atoms with Crippen LogP contribution in [-0.4, -0.2) is 0 Å². The summed E-state index contributed by atoms with van der Waals surface area (Å²) in [5.41, 5.74) is 4.85. The lowest BCUT2D eigenvalue weighted by atomic mass is 10.0. The number of anilines is 1. The van der Waals surface area contributed by atoms with Crippen LogP contribution in [0.3, 0.4) is 0 Å². The van der Waals surface area contributed by atoms with Gasteiger partial charge in [0, 0.05) is 6.04 Å². The van der Waals surface area contributed by atoms with Crippen LogP contribution in [0.5, 0.6) is 0 Å². The van der Waals surface area contributed by atoms with Crippen molar-refractivity contribution in [3.05, 3.63) is 64.2 Å². The molecule has 106 valence electrons. The van der Waals surface area contributed by atoms with E-state index in [2.05, 4.69) is 49.5 Å². The first-order valence-electron chi connectivity index (χ1n) is 7.21. The Bertz CT molecular complexity index is 560. The minimum atomic E-state index is 0.242. The highest BCUT2D eigenvalue weighted by molar-refractivity contribution is 6.33. The van der Waals surface area contributed by atoms with Crippen LogP contribution in [-0.2, 0) is 6.42 Å². The third-order valence-electron chi connectivity index (χ3n) is 3.51. The van der Waals surface area contributed by atoms with E-state index in [1.54, 1.807) is 0 Å². The van der Waals surface area contributed by atoms with E-state index in [0.29, 0.717) is 0 Å². The molecule has 0 bridgehead atoms. The molecule has 0 saturated heterocycles. The fourth-order valence-corrected chi connectivity index (χ4v) is 2.61. The van der Waals surface area contributed by atoms with Crippen LogP contribution < -0.4 is 5.32 Å². The summed E-state index contributed by atoms with van der Waals surface area (Å²) in [6.45, 7) is 6.41. The smallest absolute Gasteiger partial charge is 0.0640 e. The zero-order valence-corrected chi connectivity index (χ0v) is 13.2. The average Bonchev–Trinajstić information content (AvgIpc) is 2.43. The second-order valence-electron chi connectivity index (χ2n) is 5.34. The molecule has 0 aliphatic carbocycles. The normalized spacial score (nSPS) is 12.2. The maximum Gasteiger partial charge on any atom is 0.0640 e. The maximum atomic E-state index is 6.27. The van der Waals surface area contributed by atoms with Gasteiger partial charge in [-0.15, -0.1) is 0 Å². The van der Waals surface area contributed by atoms with Gasteiger partial charge < -0.3 is 5.32 Å². The third-order valence-corrected chi connectivity index (χ3v) is 3.83. The first kappa shape index (κ1) is 14.9. The molecule has 1 unspecified atom stereocenters. The molecule has 2 aromatic carbocycles. The molecular formula is C18H22ClN. The Labute approximate surface area is 127 Å². The van der Waals surface area contributed by atoms with E-state index in [0.717, 1.165) is 17.1 Å². The summed E-state index contributed by atoms with van der Waals surface area (Å²) in [6, 6.07) is 15.2. The van der Waals surface area contributed by atoms with E-state index in [-0.39, 0.29) is 6.04 Å². The van der Waals surface area contributed by atoms with Gasteiger partial charge in [-0.1, -0.05) is 55.3 Å². The lowest BCUT2D eigenvalue weighted by Crippen LogP contribution is -2.07. The average molecular weight is 288 g/mol. The molecule has 0 heterocycles. The highest BCUT2D eigenvalue weighted by Crippen LogP contribution is 2.27. The molecular weight excluding hydrogens is 266 g/mol. The topological polar surface area (TPSA) is 12.0 Å². The number of hydrogen-bond acceptors (Lipinski definition) is 1. The van der Waals surface area contributed by atoms with Gasteiger partial charge in [-0.3, -0.25) is 0 Å². The van der Waals surface area contributed by atoms with Gasteiger partial charge in [-0.2, -0.15) is 0 Å². The van der Waals surface area contributed by atoms with Gasteiger partial charge >= 0.3 is 0 Å². The van der Waals surface area contributed by atoms with Crippen LogP contribution in [0.15, 0.2) is 42.5 Å². The van der Waals surface area contributed by atoms with E-state index >= 15 is 0 Å². The SMILES string of the molecule is CCCc1ccc(C(C)Nc2ccc(C)cc2Cl)cc1. The Hall–Kier alpha value is -1.47. The van der Waals surface area contributed by atoms with E-state index in [1.165, 1.54) is 23.1 Å². The van der Waals surface area contributed by atoms with Gasteiger partial charge in [0.05, 0.1) is 10.7 Å². The number of aryl methyl sites for hydroxylation is 2. The van der Waals surface area contributed by atoms with Gasteiger partial charge in [0.15, 0.2) is 0 Å². The zero-order valence-electron chi connectivity index (χ0n) is 12.4. The summed E-state index contributed by atoms with van der Waals surface area (Å²) in [7, 11) is 0. The molecule has 2 rings (SSSR count). The van der Waals surface area contributed by atoms with Crippen LogP contribution in [0.1, 0.15) is 43.0 Å². The Kier molecular flexibility index (Phi) is 5.08. The molecule has 0 aliphatic heterocycles. The van der Waals surface area contributed by atoms with Crippen LogP contribution >= 0.6 is 11.6 Å². The Morgan fingerprint density at radius 3 is 2.40 bits per heavy atom. The lowest BCUT2D eigenvalue weighted by Gasteiger charge is -2.17. The zero-order chi connectivity index (χ0) is 14.5. The van der Waals surface area contributed by atoms with Crippen molar-refractivity contribution in [2.24, 2.45) is 0 Å². The molecule has 1 nitrogen and oxygen atoms in total. The number of hydrogen-bond donors (Lipinski definition) is 1. The largest absolute Gasteiger partial charge is 0.377 e. The predicted molar refractivity (Wildman–Crippen MR) is 88.7 cm³/mol. The first-order valence-corrected chi connectivity index (χ1v) is 7.59. The fraction of sp³-hybridized carbons (Fsp3) is 0.333. The minimum Gasteiger partial charge on any atom is -0.377 e. The second-order valence-corrected chi connectivity index (χ2v) is 5.75. The summed E-state index contributed by atoms with van der Waals surface area (Å²) in [5.74, 6) is 0. The van der Waals surface area contributed by atoms with E-state index < -0.39 is 0 Å². The molecule has 0 aromatic heterocycles. The Morgan fingerprint density at radius 2 is 1.80 bits per heavy atom. The van der Waals surface area contributed by atoms with Crippen LogP contribution in [0.25, 0.3) is 0 Å². The van der Waals surface area contributed by atoms with Gasteiger partial charge in [0.25, 0.3) is 0 Å². The van der Waals surface area contributed by atoms with Crippen LogP contribution in [0, 0.1) is 6.92 Å². The van der Waals surface area contributed by atoms with Crippen LogP contribution in [0.4, 0.5) is 5.69 Å². The maximum absolute atomic E-state index is 6.27. The molecule has 0 fully saturated rings. The summed E-state index contributed by atoms with van der Waals surface area (Å²) in [6.07, 6.45) is 2.33. The van der Waals surface area contributed by atoms with Crippen molar-refractivity contribution in [3.63, 3.8) is 0 Å². The number of halogens is 1. The molecule has 0 spiro atoms. The minimum absolute atomic E-state index is 0.242. The highest BCUT2D eigenvalue weighted by Gasteiger charge is 2.07. The monoisotopic (exact) mass is 287 g/mol. The van der Waals surface area contributed by atoms with Gasteiger partial charge in [0.1, 0.15) is 0 Å². The molecule has 0 saturated carbocycles. The van der Waals surface area contributed by atoms with E-state index in [1.807, 2.05) is 19.1 Å². The van der Waals surface area contributed by atoms with Crippen molar-refractivity contribution in [3.8, 4) is 0 Å². The second kappa shape index (κ2) is 6.81. The molecule has 0 aliphatic rings. The number of rotatable bonds is 5. The highest BCUT2D eigenvalue weighted by atomic mass is 35.5. The van der Waals surface area contributed by atoms with Crippen LogP contribution in [0.2, 0.25) is 5.02 Å². The van der Waals surface area contributed by atoms with Crippen molar-refractivity contribution >= 4 is 17.3 Å². The quantitative estimate of drug-likeness (QED) is 0.735. The lowest BCUT2D eigenvalue weighted by molar-refractivity contribution is 0.876. The first-order chi connectivity index (χ1) is 9.60. The van der Waals surface area contributed by atoms with E-state index in [9.17, 15) is 0 Å². The van der Waals surface area contributed by atoms with Crippen molar-refractivity contribution in [1.82, 2.24) is 0 Å². The third kappa shape index (κ3) is 3.77. The molecule has 1 N–H and O–H groups in total. The molecule has 20 heavy (non-hydrogen) atoms. The summed E-state index contributed by atoms with van der Waals surface area (Å²) >= 11 is 6.27. The Morgan fingerprint density at radius 1 is 1.10 bits per heavy atom. The molecule has 1 atom stereocenters. The Balaban J connectivity index is 2.09. The summed E-state index contributed by atoms with van der Waals surface area (Å²) in [4.78, 5) is 0. The number of nitrogens with one attached hydrogen (secondary N) is 1. The van der Waals surface area contributed by atoms with E-state index in [4.69, 9.17) is 11.6 Å². The predicted octanol–water partition coefficient (Wildman–Crippen LogP) is 5.77. The van der Waals surface area contributed by atoms with Crippen molar-refractivity contribution in [2.75, 3.05) is 5.32 Å². The fourth-order valence-electron chi connectivity index (χ4n) is 2.32. The van der Waals surface area contributed by atoms with Gasteiger partial charge in [-0.05, 0) is 49.1 Å². The van der Waals surface area contributed by atoms with Crippen molar-refractivity contribution < 1.29 is 0 Å². The number of benzene rings is 2. The standard InChI is InChI=1S/C18H22ClN/c1-4-5-15-7-9-16(10-8-15)14(3)20-18-11-6-13(2)12-17(18)19/h6-12,14,20H,4-5H2,1-3H3. The van der Waals surface area contributed by atoms with Gasteiger partial charge in [0.2, 0.25) is 0 Å². The van der Waals surface area contributed by atoms with Gasteiger partial charge in [-0.25, -0.2) is 0 Å². The summed E-state index contributed by atoms with van der Waals surface area (Å²) < 4.78 is 0.